The lowest BCUT2D eigenvalue weighted by atomic mass is 9.87. The third kappa shape index (κ3) is 2.88. The van der Waals surface area contributed by atoms with E-state index in [-0.39, 0.29) is 11.5 Å². The van der Waals surface area contributed by atoms with Crippen LogP contribution in [0.1, 0.15) is 12.8 Å². The molecule has 1 unspecified atom stereocenters. The van der Waals surface area contributed by atoms with E-state index < -0.39 is 21.2 Å². The Hall–Kier alpha value is -1.18. The van der Waals surface area contributed by atoms with Gasteiger partial charge >= 0.3 is 0 Å². The molecule has 1 heterocycles. The fraction of sp³-hybridized carbons (Fsp3) is 0.583. The van der Waals surface area contributed by atoms with E-state index in [0.717, 1.165) is 25.9 Å². The number of primary sulfonamides is 1. The number of carbonyl (C=O) groups excluding carboxylic acids is 1. The molecule has 0 aromatic carbocycles. The number of allylic oxidation sites excluding steroid dienone is 2. The van der Waals surface area contributed by atoms with E-state index in [1.807, 2.05) is 7.05 Å². The van der Waals surface area contributed by atoms with Crippen LogP contribution >= 0.6 is 0 Å². The summed E-state index contributed by atoms with van der Waals surface area (Å²) < 4.78 is 22.8. The lowest BCUT2D eigenvalue weighted by Crippen LogP contribution is -2.38. The van der Waals surface area contributed by atoms with E-state index in [0.29, 0.717) is 5.57 Å². The fourth-order valence-corrected chi connectivity index (χ4v) is 3.58. The first kappa shape index (κ1) is 14.2. The lowest BCUT2D eigenvalue weighted by Gasteiger charge is -2.30. The van der Waals surface area contributed by atoms with Gasteiger partial charge in [-0.25, -0.2) is 13.6 Å². The van der Waals surface area contributed by atoms with E-state index in [1.54, 1.807) is 6.08 Å². The Morgan fingerprint density at radius 2 is 2.00 bits per heavy atom. The van der Waals surface area contributed by atoms with Gasteiger partial charge in [0.05, 0.1) is 5.97 Å². The van der Waals surface area contributed by atoms with E-state index >= 15 is 0 Å². The SMILES string of the molecule is CN1CCC(C2=C(C(=O)[O-])C(S(N)(=O)=O)C=C2)CC1. The predicted octanol–water partition coefficient (Wildman–Crippen LogP) is -1.40. The van der Waals surface area contributed by atoms with Crippen LogP contribution in [0, 0.1) is 5.92 Å². The zero-order valence-electron chi connectivity index (χ0n) is 10.7. The molecule has 106 valence electrons. The number of sulfonamides is 1. The molecule has 0 saturated carbocycles. The number of likely N-dealkylation sites (tertiary alicyclic amines) is 1. The van der Waals surface area contributed by atoms with Gasteiger partial charge in [-0.3, -0.25) is 0 Å². The van der Waals surface area contributed by atoms with Crippen LogP contribution in [0.3, 0.4) is 0 Å². The Morgan fingerprint density at radius 3 is 2.47 bits per heavy atom. The third-order valence-corrected chi connectivity index (χ3v) is 4.88. The van der Waals surface area contributed by atoms with Gasteiger partial charge in [0.15, 0.2) is 0 Å². The highest BCUT2D eigenvalue weighted by Crippen LogP contribution is 2.34. The van der Waals surface area contributed by atoms with Gasteiger partial charge in [0, 0.05) is 5.57 Å². The number of rotatable bonds is 3. The molecule has 0 aromatic heterocycles. The molecule has 0 spiro atoms. The highest BCUT2D eigenvalue weighted by Gasteiger charge is 2.33. The van der Waals surface area contributed by atoms with Crippen molar-refractivity contribution in [1.82, 2.24) is 4.90 Å². The number of piperidine rings is 1. The van der Waals surface area contributed by atoms with Crippen LogP contribution in [0.15, 0.2) is 23.3 Å². The lowest BCUT2D eigenvalue weighted by molar-refractivity contribution is -0.299. The molecule has 0 aromatic rings. The quantitative estimate of drug-likeness (QED) is 0.687. The molecule has 2 rings (SSSR count). The molecule has 0 bridgehead atoms. The van der Waals surface area contributed by atoms with Crippen molar-refractivity contribution in [2.75, 3.05) is 20.1 Å². The summed E-state index contributed by atoms with van der Waals surface area (Å²) in [6.45, 7) is 1.73. The van der Waals surface area contributed by atoms with Gasteiger partial charge < -0.3 is 14.8 Å². The van der Waals surface area contributed by atoms with Gasteiger partial charge in [-0.1, -0.05) is 12.2 Å². The Bertz CT molecular complexity index is 542. The van der Waals surface area contributed by atoms with Crippen molar-refractivity contribution < 1.29 is 18.3 Å². The maximum absolute atomic E-state index is 11.4. The summed E-state index contributed by atoms with van der Waals surface area (Å²) in [5.41, 5.74) is 0.379. The van der Waals surface area contributed by atoms with Crippen molar-refractivity contribution in [3.05, 3.63) is 23.3 Å². The zero-order chi connectivity index (χ0) is 14.2. The van der Waals surface area contributed by atoms with E-state index in [2.05, 4.69) is 4.90 Å². The molecule has 1 aliphatic heterocycles. The molecule has 0 radical (unpaired) electrons. The molecule has 1 saturated heterocycles. The smallest absolute Gasteiger partial charge is 0.219 e. The monoisotopic (exact) mass is 285 g/mol. The Balaban J connectivity index is 2.34. The highest BCUT2D eigenvalue weighted by atomic mass is 32.2. The fourth-order valence-electron chi connectivity index (χ4n) is 2.72. The number of carbonyl (C=O) groups is 1. The molecule has 19 heavy (non-hydrogen) atoms. The minimum atomic E-state index is -3.96. The van der Waals surface area contributed by atoms with Crippen molar-refractivity contribution in [2.45, 2.75) is 18.1 Å². The molecule has 2 N–H and O–H groups in total. The molecule has 1 atom stereocenters. The average Bonchev–Trinajstić information content (AvgIpc) is 2.74. The molecular formula is C12H17N2O4S-. The number of nitrogens with two attached hydrogens (primary N) is 1. The molecule has 1 fully saturated rings. The average molecular weight is 285 g/mol. The van der Waals surface area contributed by atoms with E-state index in [4.69, 9.17) is 5.14 Å². The first-order valence-corrected chi connectivity index (χ1v) is 7.75. The van der Waals surface area contributed by atoms with Crippen LogP contribution < -0.4 is 10.2 Å². The van der Waals surface area contributed by atoms with Crippen molar-refractivity contribution in [2.24, 2.45) is 11.1 Å². The van der Waals surface area contributed by atoms with Crippen LogP contribution in [-0.4, -0.2) is 44.7 Å². The maximum atomic E-state index is 11.4. The number of carboxylic acid groups (broad SMARTS) is 1. The van der Waals surface area contributed by atoms with E-state index in [9.17, 15) is 18.3 Å². The first-order chi connectivity index (χ1) is 8.80. The summed E-state index contributed by atoms with van der Waals surface area (Å²) in [5, 5.41) is 15.0. The normalized spacial score (nSPS) is 26.1. The summed E-state index contributed by atoms with van der Waals surface area (Å²) in [7, 11) is -1.95. The number of hydrogen-bond donors (Lipinski definition) is 1. The topological polar surface area (TPSA) is 104 Å². The summed E-state index contributed by atoms with van der Waals surface area (Å²) in [6, 6.07) is 0. The van der Waals surface area contributed by atoms with Crippen LogP contribution in [-0.2, 0) is 14.8 Å². The van der Waals surface area contributed by atoms with Crippen LogP contribution in [0.5, 0.6) is 0 Å². The van der Waals surface area contributed by atoms with Crippen LogP contribution in [0.25, 0.3) is 0 Å². The van der Waals surface area contributed by atoms with Crippen molar-refractivity contribution in [3.63, 3.8) is 0 Å². The number of aliphatic carboxylic acids is 1. The van der Waals surface area contributed by atoms with Gasteiger partial charge in [0.2, 0.25) is 10.0 Å². The van der Waals surface area contributed by atoms with Crippen molar-refractivity contribution in [1.29, 1.82) is 0 Å². The second kappa shape index (κ2) is 5.07. The largest absolute Gasteiger partial charge is 0.545 e. The van der Waals surface area contributed by atoms with Gasteiger partial charge in [-0.05, 0) is 44.5 Å². The second-order valence-electron chi connectivity index (χ2n) is 5.10. The maximum Gasteiger partial charge on any atom is 0.219 e. The predicted molar refractivity (Wildman–Crippen MR) is 68.3 cm³/mol. The highest BCUT2D eigenvalue weighted by molar-refractivity contribution is 7.90. The van der Waals surface area contributed by atoms with Gasteiger partial charge in [-0.2, -0.15) is 0 Å². The molecular weight excluding hydrogens is 268 g/mol. The van der Waals surface area contributed by atoms with Crippen molar-refractivity contribution >= 4 is 16.0 Å². The number of hydrogen-bond acceptors (Lipinski definition) is 5. The third-order valence-electron chi connectivity index (χ3n) is 3.78. The molecule has 0 amide bonds. The summed E-state index contributed by atoms with van der Waals surface area (Å²) in [5.74, 6) is -1.38. The summed E-state index contributed by atoms with van der Waals surface area (Å²) in [4.78, 5) is 13.4. The Kier molecular flexibility index (Phi) is 3.80. The molecule has 7 heteroatoms. The minimum Gasteiger partial charge on any atom is -0.545 e. The Labute approximate surface area is 112 Å². The second-order valence-corrected chi connectivity index (χ2v) is 6.79. The number of carboxylic acids is 1. The van der Waals surface area contributed by atoms with Gasteiger partial charge in [0.25, 0.3) is 0 Å². The summed E-state index contributed by atoms with van der Waals surface area (Å²) in [6.07, 6.45) is 4.54. The van der Waals surface area contributed by atoms with Gasteiger partial charge in [0.1, 0.15) is 5.25 Å². The zero-order valence-corrected chi connectivity index (χ0v) is 11.5. The first-order valence-electron chi connectivity index (χ1n) is 6.14. The van der Waals surface area contributed by atoms with Crippen molar-refractivity contribution in [3.8, 4) is 0 Å². The minimum absolute atomic E-state index is 0.0621. The number of nitrogens with zero attached hydrogens (tertiary/aromatic N) is 1. The van der Waals surface area contributed by atoms with E-state index in [1.165, 1.54) is 6.08 Å². The van der Waals surface area contributed by atoms with Crippen LogP contribution in [0.2, 0.25) is 0 Å². The van der Waals surface area contributed by atoms with Crippen LogP contribution in [0.4, 0.5) is 0 Å². The molecule has 1 aliphatic carbocycles. The standard InChI is InChI=1S/C12H18N2O4S/c1-14-6-4-8(5-7-14)9-2-3-10(19(13,17)18)11(9)12(15)16/h2-3,8,10H,4-7H2,1H3,(H,15,16)(H2,13,17,18)/p-1. The Morgan fingerprint density at radius 1 is 1.42 bits per heavy atom. The summed E-state index contributed by atoms with van der Waals surface area (Å²) >= 11 is 0. The molecule has 6 nitrogen and oxygen atoms in total. The van der Waals surface area contributed by atoms with Gasteiger partial charge in [-0.15, -0.1) is 0 Å². The molecule has 2 aliphatic rings.